The number of hydrogen-bond donors (Lipinski definition) is 2. The van der Waals surface area contributed by atoms with Crippen LogP contribution in [0, 0.1) is 5.92 Å². The Morgan fingerprint density at radius 2 is 1.94 bits per heavy atom. The summed E-state index contributed by atoms with van der Waals surface area (Å²) in [6.07, 6.45) is 4.66. The first-order chi connectivity index (χ1) is 8.58. The molecule has 0 spiro atoms. The van der Waals surface area contributed by atoms with E-state index in [0.717, 1.165) is 32.5 Å². The van der Waals surface area contributed by atoms with Crippen LogP contribution in [-0.2, 0) is 0 Å². The zero-order chi connectivity index (χ0) is 13.6. The minimum atomic E-state index is 0.246. The number of aliphatic hydroxyl groups is 1. The maximum absolute atomic E-state index is 9.23. The Morgan fingerprint density at radius 1 is 1.33 bits per heavy atom. The molecular weight excluding hydrogens is 224 g/mol. The van der Waals surface area contributed by atoms with Gasteiger partial charge >= 0.3 is 0 Å². The number of rotatable bonds is 7. The second-order valence-electron chi connectivity index (χ2n) is 6.00. The molecule has 0 aromatic rings. The number of likely N-dealkylation sites (tertiary alicyclic amines) is 1. The summed E-state index contributed by atoms with van der Waals surface area (Å²) in [5.74, 6) is 0.529. The van der Waals surface area contributed by atoms with Crippen LogP contribution in [0.2, 0.25) is 0 Å². The molecule has 1 aliphatic heterocycles. The Bertz CT molecular complexity index is 227. The van der Waals surface area contributed by atoms with Gasteiger partial charge in [0.1, 0.15) is 0 Å². The summed E-state index contributed by atoms with van der Waals surface area (Å²) in [5, 5.41) is 12.9. The van der Waals surface area contributed by atoms with Crippen LogP contribution < -0.4 is 5.32 Å². The molecule has 3 heteroatoms. The van der Waals surface area contributed by atoms with Crippen LogP contribution in [0.3, 0.4) is 0 Å². The lowest BCUT2D eigenvalue weighted by atomic mass is 9.85. The van der Waals surface area contributed by atoms with E-state index >= 15 is 0 Å². The van der Waals surface area contributed by atoms with Gasteiger partial charge in [-0.25, -0.2) is 0 Å². The van der Waals surface area contributed by atoms with Crippen molar-refractivity contribution < 1.29 is 5.11 Å². The third-order valence-electron chi connectivity index (χ3n) is 4.94. The molecule has 2 unspecified atom stereocenters. The Labute approximate surface area is 113 Å². The van der Waals surface area contributed by atoms with E-state index in [1.54, 1.807) is 0 Å². The van der Waals surface area contributed by atoms with Gasteiger partial charge in [0.2, 0.25) is 0 Å². The molecule has 3 nitrogen and oxygen atoms in total. The van der Waals surface area contributed by atoms with Crippen molar-refractivity contribution >= 4 is 0 Å². The molecule has 1 saturated heterocycles. The SMILES string of the molecule is CCCNC(C)C(C)(CC)N1CCC(CO)CC1. The summed E-state index contributed by atoms with van der Waals surface area (Å²) >= 11 is 0. The Kier molecular flexibility index (Phi) is 6.61. The third-order valence-corrected chi connectivity index (χ3v) is 4.94. The Hall–Kier alpha value is -0.120. The quantitative estimate of drug-likeness (QED) is 0.733. The maximum Gasteiger partial charge on any atom is 0.0460 e. The van der Waals surface area contributed by atoms with Crippen molar-refractivity contribution in [2.75, 3.05) is 26.2 Å². The molecule has 18 heavy (non-hydrogen) atoms. The Morgan fingerprint density at radius 3 is 2.39 bits per heavy atom. The van der Waals surface area contributed by atoms with E-state index in [1.807, 2.05) is 0 Å². The van der Waals surface area contributed by atoms with Crippen molar-refractivity contribution in [3.63, 3.8) is 0 Å². The highest BCUT2D eigenvalue weighted by molar-refractivity contribution is 4.95. The van der Waals surface area contributed by atoms with E-state index in [1.165, 1.54) is 12.8 Å². The molecule has 0 aromatic carbocycles. The molecule has 0 radical (unpaired) electrons. The number of piperidine rings is 1. The molecule has 1 rings (SSSR count). The van der Waals surface area contributed by atoms with Crippen molar-refractivity contribution in [1.29, 1.82) is 0 Å². The van der Waals surface area contributed by atoms with E-state index in [4.69, 9.17) is 0 Å². The summed E-state index contributed by atoms with van der Waals surface area (Å²) < 4.78 is 0. The molecule has 0 aliphatic carbocycles. The second-order valence-corrected chi connectivity index (χ2v) is 6.00. The lowest BCUT2D eigenvalue weighted by molar-refractivity contribution is 0.0239. The van der Waals surface area contributed by atoms with Crippen molar-refractivity contribution in [1.82, 2.24) is 10.2 Å². The van der Waals surface area contributed by atoms with Crippen LogP contribution in [0.25, 0.3) is 0 Å². The summed E-state index contributed by atoms with van der Waals surface area (Å²) in [6, 6.07) is 0.521. The number of hydrogen-bond acceptors (Lipinski definition) is 3. The first-order valence-corrected chi connectivity index (χ1v) is 7.67. The first-order valence-electron chi connectivity index (χ1n) is 7.67. The topological polar surface area (TPSA) is 35.5 Å². The second kappa shape index (κ2) is 7.46. The normalized spacial score (nSPS) is 23.8. The summed E-state index contributed by atoms with van der Waals surface area (Å²) in [6.45, 7) is 12.9. The molecule has 1 aliphatic rings. The van der Waals surface area contributed by atoms with Crippen LogP contribution >= 0.6 is 0 Å². The highest BCUT2D eigenvalue weighted by Gasteiger charge is 2.37. The van der Waals surface area contributed by atoms with Crippen LogP contribution in [0.15, 0.2) is 0 Å². The van der Waals surface area contributed by atoms with E-state index in [-0.39, 0.29) is 5.54 Å². The van der Waals surface area contributed by atoms with Crippen LogP contribution in [0.4, 0.5) is 0 Å². The van der Waals surface area contributed by atoms with Gasteiger partial charge in [-0.2, -0.15) is 0 Å². The molecule has 0 amide bonds. The van der Waals surface area contributed by atoms with Gasteiger partial charge in [-0.05, 0) is 65.1 Å². The van der Waals surface area contributed by atoms with Gasteiger partial charge in [0.25, 0.3) is 0 Å². The fourth-order valence-electron chi connectivity index (χ4n) is 3.01. The van der Waals surface area contributed by atoms with Crippen LogP contribution in [0.1, 0.15) is 53.4 Å². The molecule has 108 valence electrons. The first kappa shape index (κ1) is 15.9. The van der Waals surface area contributed by atoms with Crippen molar-refractivity contribution in [2.24, 2.45) is 5.92 Å². The van der Waals surface area contributed by atoms with Crippen molar-refractivity contribution in [3.8, 4) is 0 Å². The van der Waals surface area contributed by atoms with Gasteiger partial charge in [-0.15, -0.1) is 0 Å². The lowest BCUT2D eigenvalue weighted by Gasteiger charge is -2.48. The van der Waals surface area contributed by atoms with Gasteiger partial charge in [0.05, 0.1) is 0 Å². The summed E-state index contributed by atoms with van der Waals surface area (Å²) in [7, 11) is 0. The molecule has 2 atom stereocenters. The smallest absolute Gasteiger partial charge is 0.0460 e. The lowest BCUT2D eigenvalue weighted by Crippen LogP contribution is -2.60. The monoisotopic (exact) mass is 256 g/mol. The molecular formula is C15H32N2O. The maximum atomic E-state index is 9.23. The van der Waals surface area contributed by atoms with E-state index < -0.39 is 0 Å². The molecule has 0 bridgehead atoms. The number of aliphatic hydroxyl groups excluding tert-OH is 1. The minimum Gasteiger partial charge on any atom is -0.396 e. The predicted molar refractivity (Wildman–Crippen MR) is 77.8 cm³/mol. The molecule has 1 fully saturated rings. The highest BCUT2D eigenvalue weighted by atomic mass is 16.3. The number of nitrogens with one attached hydrogen (secondary N) is 1. The van der Waals surface area contributed by atoms with Gasteiger partial charge < -0.3 is 10.4 Å². The summed E-state index contributed by atoms with van der Waals surface area (Å²) in [4.78, 5) is 2.63. The average Bonchev–Trinajstić information content (AvgIpc) is 2.43. The van der Waals surface area contributed by atoms with Gasteiger partial charge in [-0.3, -0.25) is 4.90 Å². The number of nitrogens with zero attached hydrogens (tertiary/aromatic N) is 1. The highest BCUT2D eigenvalue weighted by Crippen LogP contribution is 2.29. The predicted octanol–water partition coefficient (Wildman–Crippen LogP) is 2.25. The van der Waals surface area contributed by atoms with Gasteiger partial charge in [-0.1, -0.05) is 13.8 Å². The average molecular weight is 256 g/mol. The molecule has 0 aromatic heterocycles. The fraction of sp³-hybridized carbons (Fsp3) is 1.00. The van der Waals surface area contributed by atoms with Crippen LogP contribution in [-0.4, -0.2) is 47.8 Å². The zero-order valence-corrected chi connectivity index (χ0v) is 12.7. The van der Waals surface area contributed by atoms with Crippen molar-refractivity contribution in [2.45, 2.75) is 65.0 Å². The van der Waals surface area contributed by atoms with E-state index in [0.29, 0.717) is 18.6 Å². The standard InChI is InChI=1S/C15H32N2O/c1-5-9-16-13(3)15(4,6-2)17-10-7-14(12-18)8-11-17/h13-14,16,18H,5-12H2,1-4H3. The van der Waals surface area contributed by atoms with E-state index in [2.05, 4.69) is 37.9 Å². The minimum absolute atomic E-state index is 0.246. The van der Waals surface area contributed by atoms with Crippen molar-refractivity contribution in [3.05, 3.63) is 0 Å². The van der Waals surface area contributed by atoms with E-state index in [9.17, 15) is 5.11 Å². The zero-order valence-electron chi connectivity index (χ0n) is 12.7. The summed E-state index contributed by atoms with van der Waals surface area (Å²) in [5.41, 5.74) is 0.246. The molecule has 2 N–H and O–H groups in total. The molecule has 1 heterocycles. The largest absolute Gasteiger partial charge is 0.396 e. The molecule has 0 saturated carbocycles. The third kappa shape index (κ3) is 3.69. The Balaban J connectivity index is 2.58. The van der Waals surface area contributed by atoms with Gasteiger partial charge in [0, 0.05) is 18.2 Å². The van der Waals surface area contributed by atoms with Gasteiger partial charge in [0.15, 0.2) is 0 Å². The van der Waals surface area contributed by atoms with Crippen LogP contribution in [0.5, 0.6) is 0 Å². The fourth-order valence-corrected chi connectivity index (χ4v) is 3.01.